The van der Waals surface area contributed by atoms with Crippen LogP contribution in [0.2, 0.25) is 0 Å². The molecule has 1 aromatic rings. The average Bonchev–Trinajstić information content (AvgIpc) is 2.76. The van der Waals surface area contributed by atoms with Crippen molar-refractivity contribution in [3.05, 3.63) is 29.8 Å². The Labute approximate surface area is 200 Å². The van der Waals surface area contributed by atoms with Crippen molar-refractivity contribution in [3.8, 4) is 5.75 Å². The SMILES string of the molecule is CC(N)C(=O)NC(Cc1ccc(O)cc1)C(=O)NC(CCC(N)=O)C(=O)NC(CC(=O)O)C(=O)O. The third kappa shape index (κ3) is 10.5. The fourth-order valence-electron chi connectivity index (χ4n) is 2.85. The molecule has 0 bridgehead atoms. The summed E-state index contributed by atoms with van der Waals surface area (Å²) in [7, 11) is 0. The number of amides is 4. The molecule has 10 N–H and O–H groups in total. The molecule has 0 aromatic heterocycles. The number of rotatable bonds is 14. The Morgan fingerprint density at radius 2 is 1.37 bits per heavy atom. The largest absolute Gasteiger partial charge is 0.508 e. The number of hydrogen-bond acceptors (Lipinski definition) is 8. The third-order valence-corrected chi connectivity index (χ3v) is 4.73. The number of nitrogens with two attached hydrogens (primary N) is 2. The van der Waals surface area contributed by atoms with Gasteiger partial charge in [0.05, 0.1) is 12.5 Å². The number of benzene rings is 1. The lowest BCUT2D eigenvalue weighted by atomic mass is 10.0. The lowest BCUT2D eigenvalue weighted by molar-refractivity contribution is -0.147. The van der Waals surface area contributed by atoms with Crippen LogP contribution in [-0.2, 0) is 35.2 Å². The van der Waals surface area contributed by atoms with E-state index in [4.69, 9.17) is 21.7 Å². The van der Waals surface area contributed by atoms with E-state index in [-0.39, 0.29) is 25.0 Å². The van der Waals surface area contributed by atoms with Gasteiger partial charge in [0, 0.05) is 12.8 Å². The van der Waals surface area contributed by atoms with E-state index in [1.165, 1.54) is 31.2 Å². The van der Waals surface area contributed by atoms with Gasteiger partial charge >= 0.3 is 11.9 Å². The van der Waals surface area contributed by atoms with Crippen LogP contribution >= 0.6 is 0 Å². The van der Waals surface area contributed by atoms with E-state index < -0.39 is 66.2 Å². The number of aromatic hydroxyl groups is 1. The summed E-state index contributed by atoms with van der Waals surface area (Å²) in [6.07, 6.45) is -1.67. The van der Waals surface area contributed by atoms with Crippen molar-refractivity contribution in [2.24, 2.45) is 11.5 Å². The van der Waals surface area contributed by atoms with Crippen LogP contribution in [-0.4, -0.2) is 75.1 Å². The first-order chi connectivity index (χ1) is 16.3. The van der Waals surface area contributed by atoms with Crippen molar-refractivity contribution >= 4 is 35.6 Å². The summed E-state index contributed by atoms with van der Waals surface area (Å²) in [5.41, 5.74) is 11.2. The molecule has 1 rings (SSSR count). The first-order valence-electron chi connectivity index (χ1n) is 10.5. The maximum Gasteiger partial charge on any atom is 0.326 e. The van der Waals surface area contributed by atoms with Gasteiger partial charge in [-0.25, -0.2) is 4.79 Å². The summed E-state index contributed by atoms with van der Waals surface area (Å²) >= 11 is 0. The van der Waals surface area contributed by atoms with Crippen LogP contribution < -0.4 is 27.4 Å². The van der Waals surface area contributed by atoms with Crippen molar-refractivity contribution in [1.82, 2.24) is 16.0 Å². The molecule has 192 valence electrons. The van der Waals surface area contributed by atoms with Crippen molar-refractivity contribution in [2.45, 2.75) is 56.8 Å². The summed E-state index contributed by atoms with van der Waals surface area (Å²) in [6.45, 7) is 1.39. The minimum atomic E-state index is -1.79. The third-order valence-electron chi connectivity index (χ3n) is 4.73. The van der Waals surface area contributed by atoms with Gasteiger partial charge in [0.1, 0.15) is 23.9 Å². The number of phenolic OH excluding ortho intramolecular Hbond substituents is 1. The Kier molecular flexibility index (Phi) is 11.1. The second kappa shape index (κ2) is 13.5. The number of carbonyl (C=O) groups excluding carboxylic acids is 4. The Bertz CT molecular complexity index is 949. The van der Waals surface area contributed by atoms with Crippen molar-refractivity contribution in [2.75, 3.05) is 0 Å². The number of aliphatic carboxylic acids is 2. The lowest BCUT2D eigenvalue weighted by Gasteiger charge is -2.24. The Morgan fingerprint density at radius 1 is 0.857 bits per heavy atom. The number of carboxylic acid groups (broad SMARTS) is 2. The highest BCUT2D eigenvalue weighted by Crippen LogP contribution is 2.12. The standard InChI is InChI=1S/C21H29N5O9/c1-10(22)18(31)25-14(8-11-2-4-12(27)5-3-11)20(33)24-13(6-7-16(23)28)19(32)26-15(21(34)35)9-17(29)30/h2-5,10,13-15,27H,6-9,22H2,1H3,(H2,23,28)(H,24,33)(H,25,31)(H,26,32)(H,29,30)(H,34,35). The zero-order valence-corrected chi connectivity index (χ0v) is 18.9. The molecule has 0 aliphatic heterocycles. The Balaban J connectivity index is 3.12. The van der Waals surface area contributed by atoms with E-state index in [2.05, 4.69) is 10.6 Å². The molecule has 35 heavy (non-hydrogen) atoms. The highest BCUT2D eigenvalue weighted by atomic mass is 16.4. The monoisotopic (exact) mass is 495 g/mol. The summed E-state index contributed by atoms with van der Waals surface area (Å²) < 4.78 is 0. The van der Waals surface area contributed by atoms with Gasteiger partial charge in [0.15, 0.2) is 0 Å². The summed E-state index contributed by atoms with van der Waals surface area (Å²) in [4.78, 5) is 71.2. The molecule has 0 saturated carbocycles. The minimum absolute atomic E-state index is 0.0214. The van der Waals surface area contributed by atoms with Gasteiger partial charge in [-0.3, -0.25) is 24.0 Å². The molecule has 0 spiro atoms. The molecule has 1 aromatic carbocycles. The van der Waals surface area contributed by atoms with Crippen LogP contribution in [0.4, 0.5) is 0 Å². The number of nitrogens with one attached hydrogen (secondary N) is 3. The molecule has 14 heteroatoms. The molecule has 0 heterocycles. The summed E-state index contributed by atoms with van der Waals surface area (Å²) in [5, 5.41) is 34.2. The Morgan fingerprint density at radius 3 is 1.86 bits per heavy atom. The molecular formula is C21H29N5O9. The smallest absolute Gasteiger partial charge is 0.326 e. The average molecular weight is 495 g/mol. The van der Waals surface area contributed by atoms with Crippen molar-refractivity contribution < 1.29 is 44.1 Å². The Hall–Kier alpha value is -4.20. The van der Waals surface area contributed by atoms with Crippen LogP contribution in [0.15, 0.2) is 24.3 Å². The molecule has 0 fully saturated rings. The van der Waals surface area contributed by atoms with Gasteiger partial charge in [-0.15, -0.1) is 0 Å². The topological polar surface area (TPSA) is 251 Å². The molecular weight excluding hydrogens is 466 g/mol. The number of carboxylic acids is 2. The predicted molar refractivity (Wildman–Crippen MR) is 120 cm³/mol. The number of phenols is 1. The van der Waals surface area contributed by atoms with Crippen LogP contribution in [0.3, 0.4) is 0 Å². The van der Waals surface area contributed by atoms with Crippen LogP contribution in [0.5, 0.6) is 5.75 Å². The molecule has 4 unspecified atom stereocenters. The number of carbonyl (C=O) groups is 6. The quantitative estimate of drug-likeness (QED) is 0.135. The van der Waals surface area contributed by atoms with E-state index in [1.807, 2.05) is 5.32 Å². The molecule has 4 atom stereocenters. The summed E-state index contributed by atoms with van der Waals surface area (Å²) in [5.74, 6) is -6.51. The van der Waals surface area contributed by atoms with E-state index in [0.717, 1.165) is 0 Å². The number of primary amides is 1. The van der Waals surface area contributed by atoms with Gasteiger partial charge < -0.3 is 42.7 Å². The first-order valence-corrected chi connectivity index (χ1v) is 10.5. The van der Waals surface area contributed by atoms with E-state index in [0.29, 0.717) is 5.56 Å². The molecule has 0 aliphatic carbocycles. The van der Waals surface area contributed by atoms with Gasteiger partial charge in [-0.1, -0.05) is 12.1 Å². The second-order valence-electron chi connectivity index (χ2n) is 7.78. The van der Waals surface area contributed by atoms with Gasteiger partial charge in [0.2, 0.25) is 23.6 Å². The normalized spacial score (nSPS) is 14.0. The van der Waals surface area contributed by atoms with Crippen LogP contribution in [0.25, 0.3) is 0 Å². The van der Waals surface area contributed by atoms with Gasteiger partial charge in [-0.05, 0) is 31.0 Å². The van der Waals surface area contributed by atoms with Gasteiger partial charge in [-0.2, -0.15) is 0 Å². The minimum Gasteiger partial charge on any atom is -0.508 e. The molecule has 0 saturated heterocycles. The highest BCUT2D eigenvalue weighted by Gasteiger charge is 2.31. The maximum atomic E-state index is 13.0. The molecule has 0 radical (unpaired) electrons. The molecule has 14 nitrogen and oxygen atoms in total. The van der Waals surface area contributed by atoms with Crippen molar-refractivity contribution in [3.63, 3.8) is 0 Å². The molecule has 4 amide bonds. The van der Waals surface area contributed by atoms with Crippen LogP contribution in [0.1, 0.15) is 31.7 Å². The fourth-order valence-corrected chi connectivity index (χ4v) is 2.85. The zero-order chi connectivity index (χ0) is 26.7. The van der Waals surface area contributed by atoms with E-state index in [9.17, 15) is 33.9 Å². The zero-order valence-electron chi connectivity index (χ0n) is 18.9. The molecule has 0 aliphatic rings. The van der Waals surface area contributed by atoms with E-state index in [1.54, 1.807) is 0 Å². The maximum absolute atomic E-state index is 13.0. The van der Waals surface area contributed by atoms with E-state index >= 15 is 0 Å². The number of hydrogen-bond donors (Lipinski definition) is 8. The van der Waals surface area contributed by atoms with Crippen molar-refractivity contribution in [1.29, 1.82) is 0 Å². The highest BCUT2D eigenvalue weighted by molar-refractivity contribution is 5.95. The summed E-state index contributed by atoms with van der Waals surface area (Å²) in [6, 6.07) is 0.286. The second-order valence-corrected chi connectivity index (χ2v) is 7.78. The fraction of sp³-hybridized carbons (Fsp3) is 0.429. The lowest BCUT2D eigenvalue weighted by Crippen LogP contribution is -2.57. The van der Waals surface area contributed by atoms with Gasteiger partial charge in [0.25, 0.3) is 0 Å². The van der Waals surface area contributed by atoms with Crippen LogP contribution in [0, 0.1) is 0 Å². The first kappa shape index (κ1) is 28.8. The predicted octanol–water partition coefficient (Wildman–Crippen LogP) is -2.44.